The van der Waals surface area contributed by atoms with Crippen molar-refractivity contribution in [1.82, 2.24) is 5.32 Å². The van der Waals surface area contributed by atoms with Crippen LogP contribution in [0.2, 0.25) is 0 Å². The van der Waals surface area contributed by atoms with E-state index < -0.39 is 0 Å². The molecule has 0 aromatic carbocycles. The van der Waals surface area contributed by atoms with Gasteiger partial charge in [-0.3, -0.25) is 4.79 Å². The van der Waals surface area contributed by atoms with Gasteiger partial charge in [0.1, 0.15) is 0 Å². The van der Waals surface area contributed by atoms with E-state index >= 15 is 0 Å². The molecule has 0 radical (unpaired) electrons. The van der Waals surface area contributed by atoms with E-state index in [1.165, 1.54) is 0 Å². The molecule has 0 fully saturated rings. The van der Waals surface area contributed by atoms with Gasteiger partial charge in [-0.2, -0.15) is 0 Å². The van der Waals surface area contributed by atoms with Gasteiger partial charge < -0.3 is 5.32 Å². The molecule has 1 N–H and O–H groups in total. The Bertz CT molecular complexity index is 138. The van der Waals surface area contributed by atoms with E-state index in [0.717, 1.165) is 13.0 Å². The second-order valence-corrected chi connectivity index (χ2v) is 3.33. The number of hydrogen-bond donors (Lipinski definition) is 1. The first-order valence-electron chi connectivity index (χ1n) is 3.95. The number of halogens is 1. The molecule has 1 atom stereocenters. The molecule has 0 aromatic rings. The van der Waals surface area contributed by atoms with Gasteiger partial charge in [0.25, 0.3) is 0 Å². The Balaban J connectivity index is 4.19. The van der Waals surface area contributed by atoms with Crippen LogP contribution in [0.15, 0.2) is 0 Å². The summed E-state index contributed by atoms with van der Waals surface area (Å²) in [4.78, 5) is 11.3. The van der Waals surface area contributed by atoms with Crippen molar-refractivity contribution in [1.29, 1.82) is 0 Å². The Hall–Kier alpha value is 0.110. The van der Waals surface area contributed by atoms with Crippen molar-refractivity contribution in [3.63, 3.8) is 0 Å². The molecular weight excluding hydrogens is 206 g/mol. The second kappa shape index (κ2) is 4.88. The monoisotopic (exact) mass is 221 g/mol. The summed E-state index contributed by atoms with van der Waals surface area (Å²) in [5.41, 5.74) is -0.335. The Kier molecular flexibility index (Phi) is 4.93. The number of Topliss-reactive ketones (excluding diaryl/α,β-unsaturated/α-hetero) is 1. The zero-order valence-corrected chi connectivity index (χ0v) is 8.99. The minimum absolute atomic E-state index is 0.224. The van der Waals surface area contributed by atoms with Crippen LogP contribution in [0.3, 0.4) is 0 Å². The molecule has 0 amide bonds. The largest absolute Gasteiger partial charge is 0.305 e. The highest BCUT2D eigenvalue weighted by Crippen LogP contribution is 2.11. The van der Waals surface area contributed by atoms with E-state index in [9.17, 15) is 4.79 Å². The smallest absolute Gasteiger partial charge is 0.163 e. The third-order valence-corrected chi connectivity index (χ3v) is 2.52. The van der Waals surface area contributed by atoms with Gasteiger partial charge in [-0.05, 0) is 19.9 Å². The lowest BCUT2D eigenvalue weighted by atomic mass is 9.94. The summed E-state index contributed by atoms with van der Waals surface area (Å²) < 4.78 is 0. The Morgan fingerprint density at radius 2 is 2.09 bits per heavy atom. The molecular formula is C8H16BrNO. The van der Waals surface area contributed by atoms with Crippen LogP contribution >= 0.6 is 15.9 Å². The fourth-order valence-electron chi connectivity index (χ4n) is 0.958. The topological polar surface area (TPSA) is 29.1 Å². The van der Waals surface area contributed by atoms with Gasteiger partial charge in [0, 0.05) is 0 Å². The molecule has 0 aromatic heterocycles. The summed E-state index contributed by atoms with van der Waals surface area (Å²) in [5.74, 6) is 0.224. The lowest BCUT2D eigenvalue weighted by Gasteiger charge is -2.26. The molecule has 0 heterocycles. The van der Waals surface area contributed by atoms with Crippen molar-refractivity contribution in [3.8, 4) is 0 Å². The summed E-state index contributed by atoms with van der Waals surface area (Å²) in [7, 11) is 0. The Morgan fingerprint density at radius 1 is 1.55 bits per heavy atom. The van der Waals surface area contributed by atoms with Gasteiger partial charge in [0.05, 0.1) is 10.9 Å². The van der Waals surface area contributed by atoms with Crippen LogP contribution in [0.5, 0.6) is 0 Å². The molecule has 11 heavy (non-hydrogen) atoms. The van der Waals surface area contributed by atoms with E-state index in [2.05, 4.69) is 21.2 Å². The fraction of sp³-hybridized carbons (Fsp3) is 0.875. The molecule has 0 aliphatic rings. The highest BCUT2D eigenvalue weighted by atomic mass is 79.9. The van der Waals surface area contributed by atoms with Crippen LogP contribution < -0.4 is 5.32 Å². The van der Waals surface area contributed by atoms with Crippen LogP contribution in [0.4, 0.5) is 0 Å². The average molecular weight is 222 g/mol. The molecule has 0 saturated carbocycles. The van der Waals surface area contributed by atoms with Crippen molar-refractivity contribution < 1.29 is 4.79 Å². The van der Waals surface area contributed by atoms with Crippen LogP contribution in [0.25, 0.3) is 0 Å². The molecule has 0 aliphatic heterocycles. The molecule has 0 rings (SSSR count). The number of likely N-dealkylation sites (N-methyl/N-ethyl adjacent to an activating group) is 1. The summed E-state index contributed by atoms with van der Waals surface area (Å²) >= 11 is 3.17. The van der Waals surface area contributed by atoms with Crippen LogP contribution in [0, 0.1) is 0 Å². The highest BCUT2D eigenvalue weighted by Gasteiger charge is 2.28. The van der Waals surface area contributed by atoms with E-state index in [1.54, 1.807) is 0 Å². The molecule has 3 heteroatoms. The van der Waals surface area contributed by atoms with Crippen molar-refractivity contribution in [3.05, 3.63) is 0 Å². The highest BCUT2D eigenvalue weighted by molar-refractivity contribution is 9.09. The fourth-order valence-corrected chi connectivity index (χ4v) is 1.58. The van der Waals surface area contributed by atoms with Gasteiger partial charge in [-0.1, -0.05) is 29.8 Å². The molecule has 0 saturated heterocycles. The number of ketones is 1. The third kappa shape index (κ3) is 2.91. The van der Waals surface area contributed by atoms with Crippen molar-refractivity contribution in [2.24, 2.45) is 0 Å². The van der Waals surface area contributed by atoms with Gasteiger partial charge in [0.2, 0.25) is 0 Å². The lowest BCUT2D eigenvalue weighted by molar-refractivity contribution is -0.122. The number of carbonyl (C=O) groups excluding carboxylic acids is 1. The van der Waals surface area contributed by atoms with Gasteiger partial charge in [-0.25, -0.2) is 0 Å². The van der Waals surface area contributed by atoms with Crippen molar-refractivity contribution >= 4 is 21.7 Å². The summed E-state index contributed by atoms with van der Waals surface area (Å²) in [6.45, 7) is 6.81. The first-order chi connectivity index (χ1) is 5.10. The zero-order chi connectivity index (χ0) is 8.91. The third-order valence-electron chi connectivity index (χ3n) is 2.01. The van der Waals surface area contributed by atoms with Crippen molar-refractivity contribution in [2.75, 3.05) is 11.9 Å². The Morgan fingerprint density at radius 3 is 2.36 bits per heavy atom. The van der Waals surface area contributed by atoms with Crippen molar-refractivity contribution in [2.45, 2.75) is 32.7 Å². The lowest BCUT2D eigenvalue weighted by Crippen LogP contribution is -2.49. The zero-order valence-electron chi connectivity index (χ0n) is 7.41. The second-order valence-electron chi connectivity index (χ2n) is 2.77. The summed E-state index contributed by atoms with van der Waals surface area (Å²) in [6.07, 6.45) is 0.839. The number of nitrogens with one attached hydrogen (secondary N) is 1. The number of hydrogen-bond acceptors (Lipinski definition) is 2. The standard InChI is InChI=1S/C8H16BrNO/c1-4-8(3,10-5-2)7(11)6-9/h10H,4-6H2,1-3H3. The normalized spacial score (nSPS) is 16.0. The number of carbonyl (C=O) groups is 1. The predicted octanol–water partition coefficient (Wildman–Crippen LogP) is 1.73. The first kappa shape index (κ1) is 11.1. The first-order valence-corrected chi connectivity index (χ1v) is 5.07. The van der Waals surface area contributed by atoms with Crippen LogP contribution in [-0.2, 0) is 4.79 Å². The molecule has 1 unspecified atom stereocenters. The maximum absolute atomic E-state index is 11.3. The summed E-state index contributed by atoms with van der Waals surface area (Å²) in [6, 6.07) is 0. The Labute approximate surface area is 76.9 Å². The number of rotatable bonds is 5. The van der Waals surface area contributed by atoms with E-state index in [1.807, 2.05) is 20.8 Å². The number of alkyl halides is 1. The van der Waals surface area contributed by atoms with Crippen LogP contribution in [-0.4, -0.2) is 23.2 Å². The molecule has 0 bridgehead atoms. The van der Waals surface area contributed by atoms with Gasteiger partial charge in [-0.15, -0.1) is 0 Å². The molecule has 66 valence electrons. The maximum Gasteiger partial charge on any atom is 0.163 e. The summed E-state index contributed by atoms with van der Waals surface area (Å²) in [5, 5.41) is 3.61. The quantitative estimate of drug-likeness (QED) is 0.717. The van der Waals surface area contributed by atoms with Crippen LogP contribution in [0.1, 0.15) is 27.2 Å². The maximum atomic E-state index is 11.3. The van der Waals surface area contributed by atoms with E-state index in [4.69, 9.17) is 0 Å². The SMILES string of the molecule is CCNC(C)(CC)C(=O)CBr. The molecule has 0 aliphatic carbocycles. The molecule has 0 spiro atoms. The van der Waals surface area contributed by atoms with Gasteiger partial charge in [0.15, 0.2) is 5.78 Å². The minimum Gasteiger partial charge on any atom is -0.305 e. The average Bonchev–Trinajstić information content (AvgIpc) is 2.03. The van der Waals surface area contributed by atoms with E-state index in [0.29, 0.717) is 5.33 Å². The minimum atomic E-state index is -0.335. The predicted molar refractivity (Wildman–Crippen MR) is 51.2 cm³/mol. The van der Waals surface area contributed by atoms with Gasteiger partial charge >= 0.3 is 0 Å². The van der Waals surface area contributed by atoms with E-state index in [-0.39, 0.29) is 11.3 Å². The molecule has 2 nitrogen and oxygen atoms in total.